The Balaban J connectivity index is 1.82. The predicted octanol–water partition coefficient (Wildman–Crippen LogP) is 3.80. The van der Waals surface area contributed by atoms with E-state index in [0.29, 0.717) is 6.42 Å². The minimum absolute atomic E-state index is 0.150. The number of hydrogen-bond acceptors (Lipinski definition) is 2. The molecule has 0 N–H and O–H groups in total. The van der Waals surface area contributed by atoms with Gasteiger partial charge in [0.25, 0.3) is 0 Å². The van der Waals surface area contributed by atoms with Crippen LogP contribution in [0.3, 0.4) is 0 Å². The summed E-state index contributed by atoms with van der Waals surface area (Å²) >= 11 is 0. The molecule has 20 heavy (non-hydrogen) atoms. The number of rotatable bonds is 6. The Morgan fingerprint density at radius 1 is 1.00 bits per heavy atom. The van der Waals surface area contributed by atoms with Gasteiger partial charge < -0.3 is 4.90 Å². The minimum Gasteiger partial charge on any atom is -0.374 e. The van der Waals surface area contributed by atoms with E-state index >= 15 is 0 Å². The highest BCUT2D eigenvalue weighted by Crippen LogP contribution is 2.11. The summed E-state index contributed by atoms with van der Waals surface area (Å²) in [5.74, 6) is 0.150. The molecular formula is C18H19NO. The van der Waals surface area contributed by atoms with Crippen LogP contribution in [0.2, 0.25) is 0 Å². The number of benzene rings is 2. The molecule has 0 aliphatic heterocycles. The first-order chi connectivity index (χ1) is 9.75. The third-order valence-electron chi connectivity index (χ3n) is 3.15. The topological polar surface area (TPSA) is 20.3 Å². The molecule has 2 aromatic rings. The second-order valence-corrected chi connectivity index (χ2v) is 4.72. The van der Waals surface area contributed by atoms with Gasteiger partial charge in [-0.15, -0.1) is 0 Å². The van der Waals surface area contributed by atoms with Crippen LogP contribution in [0, 0.1) is 0 Å². The fourth-order valence-corrected chi connectivity index (χ4v) is 1.93. The van der Waals surface area contributed by atoms with Crippen LogP contribution in [0.4, 0.5) is 5.69 Å². The zero-order valence-corrected chi connectivity index (χ0v) is 11.7. The Hall–Kier alpha value is -2.35. The largest absolute Gasteiger partial charge is 0.374 e. The standard InChI is InChI=1S/C18H19NO/c1-19(17-10-6-3-7-11-17)15-14-18(20)13-12-16-8-4-2-5-9-16/h2-13H,14-15H2,1H3/b13-12+. The van der Waals surface area contributed by atoms with Gasteiger partial charge in [-0.25, -0.2) is 0 Å². The van der Waals surface area contributed by atoms with Gasteiger partial charge >= 0.3 is 0 Å². The summed E-state index contributed by atoms with van der Waals surface area (Å²) in [6.07, 6.45) is 4.05. The van der Waals surface area contributed by atoms with Crippen LogP contribution in [-0.4, -0.2) is 19.4 Å². The highest BCUT2D eigenvalue weighted by molar-refractivity contribution is 5.93. The molecule has 0 heterocycles. The van der Waals surface area contributed by atoms with Gasteiger partial charge in [-0.05, 0) is 23.8 Å². The molecule has 0 radical (unpaired) electrons. The summed E-state index contributed by atoms with van der Waals surface area (Å²) in [6.45, 7) is 0.724. The van der Waals surface area contributed by atoms with Crippen molar-refractivity contribution in [1.82, 2.24) is 0 Å². The fraction of sp³-hybridized carbons (Fsp3) is 0.167. The van der Waals surface area contributed by atoms with Crippen LogP contribution in [0.1, 0.15) is 12.0 Å². The first-order valence-electron chi connectivity index (χ1n) is 6.78. The SMILES string of the molecule is CN(CCC(=O)/C=C/c1ccccc1)c1ccccc1. The van der Waals surface area contributed by atoms with Gasteiger partial charge in [-0.2, -0.15) is 0 Å². The molecule has 0 atom stereocenters. The smallest absolute Gasteiger partial charge is 0.157 e. The minimum atomic E-state index is 0.150. The van der Waals surface area contributed by atoms with Gasteiger partial charge in [0.2, 0.25) is 0 Å². The molecule has 2 nitrogen and oxygen atoms in total. The lowest BCUT2D eigenvalue weighted by molar-refractivity contribution is -0.114. The average Bonchev–Trinajstić information content (AvgIpc) is 2.52. The molecule has 0 amide bonds. The van der Waals surface area contributed by atoms with Crippen molar-refractivity contribution in [3.63, 3.8) is 0 Å². The average molecular weight is 265 g/mol. The second-order valence-electron chi connectivity index (χ2n) is 4.72. The molecule has 0 saturated carbocycles. The maximum atomic E-state index is 11.8. The van der Waals surface area contributed by atoms with E-state index in [1.165, 1.54) is 0 Å². The van der Waals surface area contributed by atoms with Crippen molar-refractivity contribution in [2.24, 2.45) is 0 Å². The molecule has 0 fully saturated rings. The number of allylic oxidation sites excluding steroid dienone is 1. The van der Waals surface area contributed by atoms with Crippen LogP contribution in [-0.2, 0) is 4.79 Å². The number of hydrogen-bond donors (Lipinski definition) is 0. The van der Waals surface area contributed by atoms with E-state index in [4.69, 9.17) is 0 Å². The lowest BCUT2D eigenvalue weighted by Gasteiger charge is -2.18. The number of ketones is 1. The monoisotopic (exact) mass is 265 g/mol. The van der Waals surface area contributed by atoms with Crippen molar-refractivity contribution < 1.29 is 4.79 Å². The molecule has 0 aromatic heterocycles. The first-order valence-corrected chi connectivity index (χ1v) is 6.78. The van der Waals surface area contributed by atoms with Gasteiger partial charge in [0.05, 0.1) is 0 Å². The van der Waals surface area contributed by atoms with E-state index in [0.717, 1.165) is 17.8 Å². The zero-order chi connectivity index (χ0) is 14.2. The fourth-order valence-electron chi connectivity index (χ4n) is 1.93. The predicted molar refractivity (Wildman–Crippen MR) is 84.8 cm³/mol. The Morgan fingerprint density at radius 3 is 2.25 bits per heavy atom. The summed E-state index contributed by atoms with van der Waals surface area (Å²) in [6, 6.07) is 20.0. The van der Waals surface area contributed by atoms with Crippen molar-refractivity contribution in [3.8, 4) is 0 Å². The van der Waals surface area contributed by atoms with E-state index in [1.807, 2.05) is 73.8 Å². The lowest BCUT2D eigenvalue weighted by Crippen LogP contribution is -2.20. The Kier molecular flexibility index (Phi) is 5.13. The molecule has 0 aliphatic rings. The summed E-state index contributed by atoms with van der Waals surface area (Å²) in [4.78, 5) is 13.9. The molecule has 2 rings (SSSR count). The molecule has 0 saturated heterocycles. The molecule has 2 aromatic carbocycles. The normalized spacial score (nSPS) is 10.7. The summed E-state index contributed by atoms with van der Waals surface area (Å²) < 4.78 is 0. The number of para-hydroxylation sites is 1. The van der Waals surface area contributed by atoms with Crippen LogP contribution < -0.4 is 4.90 Å². The molecule has 0 aliphatic carbocycles. The summed E-state index contributed by atoms with van der Waals surface area (Å²) in [7, 11) is 2.00. The number of carbonyl (C=O) groups excluding carboxylic acids is 1. The quantitative estimate of drug-likeness (QED) is 0.740. The Bertz CT molecular complexity index is 560. The van der Waals surface area contributed by atoms with E-state index in [-0.39, 0.29) is 5.78 Å². The number of nitrogens with zero attached hydrogens (tertiary/aromatic N) is 1. The van der Waals surface area contributed by atoms with Crippen molar-refractivity contribution in [2.45, 2.75) is 6.42 Å². The lowest BCUT2D eigenvalue weighted by atomic mass is 10.1. The molecule has 0 unspecified atom stereocenters. The molecule has 0 bridgehead atoms. The van der Waals surface area contributed by atoms with Gasteiger partial charge in [-0.1, -0.05) is 54.6 Å². The molecular weight excluding hydrogens is 246 g/mol. The highest BCUT2D eigenvalue weighted by Gasteiger charge is 2.02. The summed E-state index contributed by atoms with van der Waals surface area (Å²) in [5.41, 5.74) is 2.18. The van der Waals surface area contributed by atoms with Crippen molar-refractivity contribution in [1.29, 1.82) is 0 Å². The first kappa shape index (κ1) is 14.1. The van der Waals surface area contributed by atoms with Crippen LogP contribution in [0.15, 0.2) is 66.7 Å². The van der Waals surface area contributed by atoms with Crippen LogP contribution in [0.5, 0.6) is 0 Å². The van der Waals surface area contributed by atoms with Crippen molar-refractivity contribution in [3.05, 3.63) is 72.3 Å². The third-order valence-corrected chi connectivity index (χ3v) is 3.15. The Labute approximate surface area is 120 Å². The van der Waals surface area contributed by atoms with Crippen LogP contribution in [0.25, 0.3) is 6.08 Å². The Morgan fingerprint density at radius 2 is 1.60 bits per heavy atom. The summed E-state index contributed by atoms with van der Waals surface area (Å²) in [5, 5.41) is 0. The van der Waals surface area contributed by atoms with Gasteiger partial charge in [0.1, 0.15) is 0 Å². The van der Waals surface area contributed by atoms with Crippen molar-refractivity contribution >= 4 is 17.5 Å². The van der Waals surface area contributed by atoms with Crippen LogP contribution >= 0.6 is 0 Å². The van der Waals surface area contributed by atoms with E-state index in [9.17, 15) is 4.79 Å². The third kappa shape index (κ3) is 4.39. The maximum Gasteiger partial charge on any atom is 0.157 e. The highest BCUT2D eigenvalue weighted by atomic mass is 16.1. The van der Waals surface area contributed by atoms with E-state index < -0.39 is 0 Å². The van der Waals surface area contributed by atoms with E-state index in [2.05, 4.69) is 4.90 Å². The molecule has 2 heteroatoms. The molecule has 102 valence electrons. The number of anilines is 1. The van der Waals surface area contributed by atoms with Crippen molar-refractivity contribution in [2.75, 3.05) is 18.5 Å². The molecule has 0 spiro atoms. The van der Waals surface area contributed by atoms with E-state index in [1.54, 1.807) is 6.08 Å². The van der Waals surface area contributed by atoms with Gasteiger partial charge in [0.15, 0.2) is 5.78 Å². The zero-order valence-electron chi connectivity index (χ0n) is 11.7. The second kappa shape index (κ2) is 7.29. The maximum absolute atomic E-state index is 11.8. The van der Waals surface area contributed by atoms with Gasteiger partial charge in [0, 0.05) is 25.7 Å². The van der Waals surface area contributed by atoms with Gasteiger partial charge in [-0.3, -0.25) is 4.79 Å². The number of carbonyl (C=O) groups is 1.